The second-order valence-electron chi connectivity index (χ2n) is 8.15. The number of hydrogen-bond acceptors (Lipinski definition) is 4. The second kappa shape index (κ2) is 8.57. The second-order valence-corrected chi connectivity index (χ2v) is 8.15. The third kappa shape index (κ3) is 5.73. The molecule has 1 fully saturated rings. The summed E-state index contributed by atoms with van der Waals surface area (Å²) < 4.78 is 23.4. The van der Waals surface area contributed by atoms with Crippen molar-refractivity contribution in [3.63, 3.8) is 0 Å². The summed E-state index contributed by atoms with van der Waals surface area (Å²) in [6.07, 6.45) is 2.32. The number of ether oxygens (including phenoxy) is 2. The van der Waals surface area contributed by atoms with Gasteiger partial charge in [0.15, 0.2) is 0 Å². The Morgan fingerprint density at radius 2 is 1.52 bits per heavy atom. The van der Waals surface area contributed by atoms with E-state index in [-0.39, 0.29) is 18.3 Å². The highest BCUT2D eigenvalue weighted by Gasteiger charge is 2.51. The van der Waals surface area contributed by atoms with Crippen molar-refractivity contribution >= 4 is 12.6 Å². The summed E-state index contributed by atoms with van der Waals surface area (Å²) in [6.45, 7) is 14.7. The predicted octanol–water partition coefficient (Wildman–Crippen LogP) is 3.82. The maximum absolute atomic E-state index is 6.06. The molecule has 0 radical (unpaired) electrons. The molecule has 4 nitrogen and oxygen atoms in total. The van der Waals surface area contributed by atoms with Crippen LogP contribution in [0.5, 0.6) is 5.75 Å². The molecule has 1 heterocycles. The van der Waals surface area contributed by atoms with Crippen molar-refractivity contribution in [2.75, 3.05) is 19.8 Å². The summed E-state index contributed by atoms with van der Waals surface area (Å²) in [6, 6.07) is 7.92. The van der Waals surface area contributed by atoms with Gasteiger partial charge in [-0.25, -0.2) is 0 Å². The Bertz CT molecular complexity index is 509. The molecule has 0 aliphatic carbocycles. The Kier molecular flexibility index (Phi) is 6.95. The molecule has 140 valence electrons. The van der Waals surface area contributed by atoms with E-state index in [1.807, 2.05) is 24.3 Å². The molecule has 1 aromatic carbocycles. The van der Waals surface area contributed by atoms with Gasteiger partial charge in [-0.2, -0.15) is 0 Å². The van der Waals surface area contributed by atoms with Gasteiger partial charge in [-0.05, 0) is 64.1 Å². The van der Waals surface area contributed by atoms with Crippen LogP contribution >= 0.6 is 0 Å². The molecule has 1 aliphatic heterocycles. The van der Waals surface area contributed by atoms with E-state index in [0.29, 0.717) is 13.2 Å². The maximum Gasteiger partial charge on any atom is 0.494 e. The summed E-state index contributed by atoms with van der Waals surface area (Å²) in [5.74, 6) is 1.58. The minimum atomic E-state index is -0.330. The van der Waals surface area contributed by atoms with Gasteiger partial charge in [0.1, 0.15) is 12.4 Å². The quantitative estimate of drug-likeness (QED) is 0.502. The molecule has 0 unspecified atom stereocenters. The van der Waals surface area contributed by atoms with Gasteiger partial charge in [-0.3, -0.25) is 0 Å². The molecule has 1 aliphatic rings. The van der Waals surface area contributed by atoms with Crippen molar-refractivity contribution in [3.8, 4) is 5.75 Å². The highest BCUT2D eigenvalue weighted by Crippen LogP contribution is 2.36. The van der Waals surface area contributed by atoms with Crippen molar-refractivity contribution in [1.29, 1.82) is 0 Å². The first kappa shape index (κ1) is 20.3. The van der Waals surface area contributed by atoms with Crippen LogP contribution in [-0.4, -0.2) is 38.1 Å². The van der Waals surface area contributed by atoms with Crippen LogP contribution < -0.4 is 10.2 Å². The first-order chi connectivity index (χ1) is 11.7. The summed E-state index contributed by atoms with van der Waals surface area (Å²) in [4.78, 5) is 0. The van der Waals surface area contributed by atoms with Gasteiger partial charge in [0.2, 0.25) is 0 Å². The van der Waals surface area contributed by atoms with Crippen molar-refractivity contribution in [2.24, 2.45) is 5.92 Å². The fourth-order valence-electron chi connectivity index (χ4n) is 2.61. The largest absolute Gasteiger partial charge is 0.494 e. The van der Waals surface area contributed by atoms with Crippen LogP contribution in [0.1, 0.15) is 54.4 Å². The molecule has 0 aromatic heterocycles. The highest BCUT2D eigenvalue weighted by atomic mass is 16.7. The van der Waals surface area contributed by atoms with E-state index in [9.17, 15) is 0 Å². The zero-order valence-electron chi connectivity index (χ0n) is 16.6. The molecule has 25 heavy (non-hydrogen) atoms. The molecule has 5 heteroatoms. The lowest BCUT2D eigenvalue weighted by molar-refractivity contribution is 0.00578. The van der Waals surface area contributed by atoms with Crippen LogP contribution in [0.2, 0.25) is 0 Å². The van der Waals surface area contributed by atoms with E-state index in [1.54, 1.807) is 0 Å². The Labute approximate surface area is 153 Å². The Balaban J connectivity index is 1.72. The third-order valence-electron chi connectivity index (χ3n) is 4.97. The van der Waals surface area contributed by atoms with Gasteiger partial charge in [-0.1, -0.05) is 26.0 Å². The van der Waals surface area contributed by atoms with Gasteiger partial charge >= 0.3 is 7.12 Å². The lowest BCUT2D eigenvalue weighted by Gasteiger charge is -2.32. The molecular weight excluding hydrogens is 315 g/mol. The summed E-state index contributed by atoms with van der Waals surface area (Å²) in [5.41, 5.74) is 0.371. The average Bonchev–Trinajstić information content (AvgIpc) is 2.75. The standard InChI is InChI=1S/C20H33BO4/c1-16(2)8-7-13-22-14-15-23-18-11-9-17(10-12-18)21-24-19(3,4)20(5,6)25-21/h9-12,16H,7-8,13-15H2,1-6H3. The smallest absolute Gasteiger partial charge is 0.491 e. The van der Waals surface area contributed by atoms with Gasteiger partial charge in [-0.15, -0.1) is 0 Å². The minimum Gasteiger partial charge on any atom is -0.491 e. The van der Waals surface area contributed by atoms with E-state index >= 15 is 0 Å². The Morgan fingerprint density at radius 3 is 2.08 bits per heavy atom. The molecule has 1 saturated heterocycles. The molecule has 0 atom stereocenters. The first-order valence-electron chi connectivity index (χ1n) is 9.37. The van der Waals surface area contributed by atoms with E-state index in [2.05, 4.69) is 41.5 Å². The molecule has 0 N–H and O–H groups in total. The fourth-order valence-corrected chi connectivity index (χ4v) is 2.61. The van der Waals surface area contributed by atoms with Crippen LogP contribution in [-0.2, 0) is 14.0 Å². The highest BCUT2D eigenvalue weighted by molar-refractivity contribution is 6.62. The van der Waals surface area contributed by atoms with Crippen molar-refractivity contribution in [3.05, 3.63) is 24.3 Å². The van der Waals surface area contributed by atoms with Crippen LogP contribution in [0.25, 0.3) is 0 Å². The normalized spacial score (nSPS) is 18.8. The fraction of sp³-hybridized carbons (Fsp3) is 0.700. The lowest BCUT2D eigenvalue weighted by Crippen LogP contribution is -2.41. The summed E-state index contributed by atoms with van der Waals surface area (Å²) >= 11 is 0. The monoisotopic (exact) mass is 348 g/mol. The molecular formula is C20H33BO4. The Hall–Kier alpha value is -1.04. The SMILES string of the molecule is CC(C)CCCOCCOc1ccc(B2OC(C)(C)C(C)(C)O2)cc1. The topological polar surface area (TPSA) is 36.9 Å². The third-order valence-corrected chi connectivity index (χ3v) is 4.97. The number of benzene rings is 1. The van der Waals surface area contributed by atoms with E-state index in [1.165, 1.54) is 6.42 Å². The first-order valence-corrected chi connectivity index (χ1v) is 9.37. The van der Waals surface area contributed by atoms with Gasteiger partial charge in [0.25, 0.3) is 0 Å². The van der Waals surface area contributed by atoms with E-state index in [4.69, 9.17) is 18.8 Å². The van der Waals surface area contributed by atoms with Crippen LogP contribution in [0.4, 0.5) is 0 Å². The summed E-state index contributed by atoms with van der Waals surface area (Å²) in [7, 11) is -0.330. The average molecular weight is 348 g/mol. The molecule has 1 aromatic rings. The van der Waals surface area contributed by atoms with Gasteiger partial charge in [0, 0.05) is 6.61 Å². The maximum atomic E-state index is 6.06. The van der Waals surface area contributed by atoms with Crippen LogP contribution in [0.3, 0.4) is 0 Å². The number of hydrogen-bond donors (Lipinski definition) is 0. The zero-order chi connectivity index (χ0) is 18.5. The van der Waals surface area contributed by atoms with Crippen molar-refractivity contribution in [2.45, 2.75) is 65.6 Å². The Morgan fingerprint density at radius 1 is 0.920 bits per heavy atom. The van der Waals surface area contributed by atoms with Crippen LogP contribution in [0.15, 0.2) is 24.3 Å². The van der Waals surface area contributed by atoms with Crippen LogP contribution in [0, 0.1) is 5.92 Å². The van der Waals surface area contributed by atoms with E-state index in [0.717, 1.165) is 30.2 Å². The molecule has 0 saturated carbocycles. The predicted molar refractivity (Wildman–Crippen MR) is 103 cm³/mol. The van der Waals surface area contributed by atoms with Crippen molar-refractivity contribution in [1.82, 2.24) is 0 Å². The molecule has 0 spiro atoms. The lowest BCUT2D eigenvalue weighted by atomic mass is 9.79. The molecule has 0 bridgehead atoms. The minimum absolute atomic E-state index is 0.320. The van der Waals surface area contributed by atoms with Gasteiger partial charge in [0.05, 0.1) is 17.8 Å². The van der Waals surface area contributed by atoms with Crippen molar-refractivity contribution < 1.29 is 18.8 Å². The molecule has 2 rings (SSSR count). The summed E-state index contributed by atoms with van der Waals surface area (Å²) in [5, 5.41) is 0. The molecule has 0 amide bonds. The van der Waals surface area contributed by atoms with Gasteiger partial charge < -0.3 is 18.8 Å². The zero-order valence-corrected chi connectivity index (χ0v) is 16.6. The number of rotatable bonds is 9. The van der Waals surface area contributed by atoms with E-state index < -0.39 is 0 Å².